The summed E-state index contributed by atoms with van der Waals surface area (Å²) >= 11 is 0. The van der Waals surface area contributed by atoms with E-state index in [4.69, 9.17) is 9.47 Å². The fourth-order valence-electron chi connectivity index (χ4n) is 4.43. The summed E-state index contributed by atoms with van der Waals surface area (Å²) in [5.41, 5.74) is -0.692. The van der Waals surface area contributed by atoms with Crippen molar-refractivity contribution in [3.05, 3.63) is 92.7 Å². The van der Waals surface area contributed by atoms with Gasteiger partial charge in [0.15, 0.2) is 0 Å². The molecule has 0 spiro atoms. The number of H-pyrrole nitrogens is 1. The number of nitriles is 1. The van der Waals surface area contributed by atoms with E-state index in [9.17, 15) is 28.0 Å². The molecule has 0 saturated carbocycles. The lowest BCUT2D eigenvalue weighted by atomic mass is 9.90. The van der Waals surface area contributed by atoms with Gasteiger partial charge in [-0.05, 0) is 75.2 Å². The van der Waals surface area contributed by atoms with Gasteiger partial charge in [-0.15, -0.1) is 5.10 Å². The average molecular weight is 554 g/mol. The Morgan fingerprint density at radius 3 is 2.52 bits per heavy atom. The van der Waals surface area contributed by atoms with Crippen LogP contribution in [-0.2, 0) is 20.4 Å². The van der Waals surface area contributed by atoms with Gasteiger partial charge in [-0.2, -0.15) is 18.4 Å². The number of esters is 1. The van der Waals surface area contributed by atoms with Gasteiger partial charge in [0.05, 0.1) is 41.7 Å². The molecule has 1 N–H and O–H groups in total. The number of hydrogen-bond acceptors (Lipinski definition) is 7. The molecule has 2 heterocycles. The van der Waals surface area contributed by atoms with E-state index in [0.29, 0.717) is 16.7 Å². The second-order valence-electron chi connectivity index (χ2n) is 9.96. The van der Waals surface area contributed by atoms with Crippen molar-refractivity contribution in [3.8, 4) is 6.07 Å². The number of nitrogens with one attached hydrogen (secondary N) is 1. The number of fused-ring (bicyclic) bond motifs is 1. The number of aromatic nitrogens is 3. The topological polar surface area (TPSA) is 113 Å². The van der Waals surface area contributed by atoms with Gasteiger partial charge in [-0.3, -0.25) is 4.90 Å². The van der Waals surface area contributed by atoms with Gasteiger partial charge >= 0.3 is 17.8 Å². The number of benzene rings is 2. The van der Waals surface area contributed by atoms with Gasteiger partial charge < -0.3 is 9.47 Å². The van der Waals surface area contributed by atoms with Crippen molar-refractivity contribution in [1.29, 1.82) is 5.26 Å². The van der Waals surface area contributed by atoms with Crippen LogP contribution in [-0.4, -0.2) is 33.4 Å². The molecule has 1 atom stereocenters. The second kappa shape index (κ2) is 10.4. The van der Waals surface area contributed by atoms with Crippen LogP contribution < -0.4 is 10.6 Å². The summed E-state index contributed by atoms with van der Waals surface area (Å²) < 4.78 is 52.6. The molecular weight excluding hydrogens is 527 g/mol. The smallest absolute Gasteiger partial charge is 0.416 e. The summed E-state index contributed by atoms with van der Waals surface area (Å²) in [5.74, 6) is -0.840. The molecule has 1 unspecified atom stereocenters. The molecule has 1 aliphatic heterocycles. The number of nitrogens with zero attached hydrogens (tertiary/aromatic N) is 4. The number of ether oxygens (including phenoxy) is 2. The van der Waals surface area contributed by atoms with Crippen LogP contribution in [0.2, 0.25) is 0 Å². The third-order valence-corrected chi connectivity index (χ3v) is 6.16. The van der Waals surface area contributed by atoms with Crippen LogP contribution >= 0.6 is 0 Å². The minimum Gasteiger partial charge on any atom is -0.496 e. The van der Waals surface area contributed by atoms with Crippen LogP contribution in [0.5, 0.6) is 0 Å². The van der Waals surface area contributed by atoms with Crippen molar-refractivity contribution in [2.75, 3.05) is 12.0 Å². The molecule has 3 aromatic rings. The maximum absolute atomic E-state index is 13.5. The van der Waals surface area contributed by atoms with E-state index in [1.807, 2.05) is 20.8 Å². The fourth-order valence-corrected chi connectivity index (χ4v) is 4.43. The number of methoxy groups -OCH3 is 1. The highest BCUT2D eigenvalue weighted by Crippen LogP contribution is 2.43. The molecule has 0 fully saturated rings. The summed E-state index contributed by atoms with van der Waals surface area (Å²) in [6.45, 7) is 7.09. The number of aromatic amines is 1. The standard InChI is InChI=1S/C28H26F3N5O4/c1-16-22(24(37)39-5)23(21-10-9-17(15-32)13-18(21)11-12-40-27(2,3)4)36-25(33-34-26(36)38)35(16)20-8-6-7-19(14-20)28(29,30)31/h6-14,23H,1-5H3,(H,34,38). The van der Waals surface area contributed by atoms with Gasteiger partial charge in [0.2, 0.25) is 5.95 Å². The average Bonchev–Trinajstić information content (AvgIpc) is 3.27. The Hall–Kier alpha value is -4.79. The number of carbonyl (C=O) groups is 1. The van der Waals surface area contributed by atoms with E-state index in [0.717, 1.165) is 12.1 Å². The molecular formula is C28H26F3N5O4. The third-order valence-electron chi connectivity index (χ3n) is 6.16. The van der Waals surface area contributed by atoms with Gasteiger partial charge in [0.1, 0.15) is 6.04 Å². The van der Waals surface area contributed by atoms with Crippen molar-refractivity contribution in [3.63, 3.8) is 0 Å². The highest BCUT2D eigenvalue weighted by atomic mass is 19.4. The minimum absolute atomic E-state index is 0.00740. The van der Waals surface area contributed by atoms with Crippen LogP contribution in [0.25, 0.3) is 6.08 Å². The largest absolute Gasteiger partial charge is 0.496 e. The molecule has 9 nitrogen and oxygen atoms in total. The van der Waals surface area contributed by atoms with Crippen LogP contribution in [0, 0.1) is 11.3 Å². The quantitative estimate of drug-likeness (QED) is 0.331. The SMILES string of the molecule is COC(=O)C1=C(C)N(c2cccc(C(F)(F)F)c2)c2n[nH]c(=O)n2C1c1ccc(C#N)cc1C=COC(C)(C)C. The maximum Gasteiger partial charge on any atom is 0.416 e. The number of hydrogen-bond donors (Lipinski definition) is 1. The fraction of sp³-hybridized carbons (Fsp3) is 0.286. The number of halogens is 3. The number of allylic oxidation sites excluding steroid dienone is 1. The Morgan fingerprint density at radius 1 is 1.18 bits per heavy atom. The van der Waals surface area contributed by atoms with Crippen molar-refractivity contribution < 1.29 is 27.4 Å². The Morgan fingerprint density at radius 2 is 1.90 bits per heavy atom. The summed E-state index contributed by atoms with van der Waals surface area (Å²) in [4.78, 5) is 27.7. The molecule has 0 radical (unpaired) electrons. The summed E-state index contributed by atoms with van der Waals surface area (Å²) in [5, 5.41) is 15.9. The van der Waals surface area contributed by atoms with Gasteiger partial charge in [0.25, 0.3) is 0 Å². The monoisotopic (exact) mass is 553 g/mol. The van der Waals surface area contributed by atoms with Gasteiger partial charge in [-0.25, -0.2) is 19.3 Å². The first kappa shape index (κ1) is 28.2. The third kappa shape index (κ3) is 5.36. The Balaban J connectivity index is 2.00. The summed E-state index contributed by atoms with van der Waals surface area (Å²) in [7, 11) is 1.17. The molecule has 1 aliphatic rings. The molecule has 0 amide bonds. The zero-order valence-corrected chi connectivity index (χ0v) is 22.3. The number of anilines is 2. The molecule has 12 heteroatoms. The Bertz CT molecular complexity index is 1620. The van der Waals surface area contributed by atoms with Crippen molar-refractivity contribution >= 4 is 23.7 Å². The van der Waals surface area contributed by atoms with Crippen molar-refractivity contribution in [1.82, 2.24) is 14.8 Å². The molecule has 40 heavy (non-hydrogen) atoms. The van der Waals surface area contributed by atoms with E-state index in [1.54, 1.807) is 18.2 Å². The first-order valence-corrected chi connectivity index (χ1v) is 12.1. The Kier molecular flexibility index (Phi) is 7.34. The highest BCUT2D eigenvalue weighted by molar-refractivity contribution is 5.94. The maximum atomic E-state index is 13.5. The molecule has 208 valence electrons. The van der Waals surface area contributed by atoms with Crippen LogP contribution in [0.15, 0.2) is 64.8 Å². The van der Waals surface area contributed by atoms with Gasteiger partial charge in [-0.1, -0.05) is 12.1 Å². The molecule has 0 aliphatic carbocycles. The van der Waals surface area contributed by atoms with E-state index < -0.39 is 35.0 Å². The van der Waals surface area contributed by atoms with Crippen LogP contribution in [0.4, 0.5) is 24.8 Å². The number of rotatable bonds is 5. The summed E-state index contributed by atoms with van der Waals surface area (Å²) in [6, 6.07) is 10.1. The van der Waals surface area contributed by atoms with Crippen LogP contribution in [0.1, 0.15) is 56.0 Å². The highest BCUT2D eigenvalue weighted by Gasteiger charge is 2.40. The zero-order valence-electron chi connectivity index (χ0n) is 22.3. The lowest BCUT2D eigenvalue weighted by Gasteiger charge is -2.36. The molecule has 1 aromatic heterocycles. The summed E-state index contributed by atoms with van der Waals surface area (Å²) in [6.07, 6.45) is -1.57. The van der Waals surface area contributed by atoms with Gasteiger partial charge in [0, 0.05) is 11.4 Å². The molecule has 0 saturated heterocycles. The minimum atomic E-state index is -4.62. The van der Waals surface area contributed by atoms with E-state index in [1.165, 1.54) is 48.0 Å². The number of carbonyl (C=O) groups excluding carboxylic acids is 1. The van der Waals surface area contributed by atoms with Crippen molar-refractivity contribution in [2.45, 2.75) is 45.5 Å². The second-order valence-corrected chi connectivity index (χ2v) is 9.96. The predicted molar refractivity (Wildman–Crippen MR) is 140 cm³/mol. The molecule has 0 bridgehead atoms. The number of alkyl halides is 3. The first-order valence-electron chi connectivity index (χ1n) is 12.1. The normalized spacial score (nSPS) is 15.7. The van der Waals surface area contributed by atoms with E-state index in [2.05, 4.69) is 16.3 Å². The van der Waals surface area contributed by atoms with E-state index in [-0.39, 0.29) is 22.9 Å². The molecule has 2 aromatic carbocycles. The molecule has 4 rings (SSSR count). The lowest BCUT2D eigenvalue weighted by Crippen LogP contribution is -2.38. The van der Waals surface area contributed by atoms with Crippen LogP contribution in [0.3, 0.4) is 0 Å². The lowest BCUT2D eigenvalue weighted by molar-refractivity contribution is -0.138. The zero-order chi connectivity index (χ0) is 29.4. The van der Waals surface area contributed by atoms with Crippen molar-refractivity contribution in [2.24, 2.45) is 0 Å². The Labute approximate surface area is 227 Å². The van der Waals surface area contributed by atoms with E-state index >= 15 is 0 Å². The first-order chi connectivity index (χ1) is 18.8. The predicted octanol–water partition coefficient (Wildman–Crippen LogP) is 5.44.